The number of aliphatic hydroxyl groups is 1. The second kappa shape index (κ2) is 26.6. The van der Waals surface area contributed by atoms with Crippen molar-refractivity contribution in [2.24, 2.45) is 0 Å². The number of imidazole rings is 1. The summed E-state index contributed by atoms with van der Waals surface area (Å²) >= 11 is 0. The number of nitrogens with zero attached hydrogens (tertiary/aromatic N) is 3. The first-order valence-electron chi connectivity index (χ1n) is 17.1. The number of anilines is 1. The Morgan fingerprint density at radius 2 is 1.43 bits per heavy atom. The molecule has 0 bridgehead atoms. The Kier molecular flexibility index (Phi) is 25.4. The van der Waals surface area contributed by atoms with E-state index in [-0.39, 0.29) is 23.6 Å². The van der Waals surface area contributed by atoms with Gasteiger partial charge in [-0.1, -0.05) is 47.6 Å². The molecular formula is C38H60N4O7. The van der Waals surface area contributed by atoms with Gasteiger partial charge in [0.15, 0.2) is 11.6 Å². The van der Waals surface area contributed by atoms with Gasteiger partial charge in [-0.3, -0.25) is 14.4 Å². The summed E-state index contributed by atoms with van der Waals surface area (Å²) in [6, 6.07) is 9.68. The van der Waals surface area contributed by atoms with E-state index in [4.69, 9.17) is 9.47 Å². The van der Waals surface area contributed by atoms with Gasteiger partial charge in [-0.05, 0) is 89.4 Å². The Balaban J connectivity index is 0. The van der Waals surface area contributed by atoms with Gasteiger partial charge in [-0.25, -0.2) is 9.78 Å². The number of ketones is 2. The van der Waals surface area contributed by atoms with Crippen molar-refractivity contribution in [1.82, 2.24) is 14.3 Å². The number of allylic oxidation sites excluding steroid dienone is 2. The third-order valence-corrected chi connectivity index (χ3v) is 6.57. The van der Waals surface area contributed by atoms with Crippen molar-refractivity contribution >= 4 is 34.9 Å². The minimum absolute atomic E-state index is 0.132. The van der Waals surface area contributed by atoms with Crippen LogP contribution in [0, 0.1) is 0 Å². The standard InChI is InChI=1S/C22H22N4O5.C6H10O.C4H10O.3C2H6/c1-14(27)19-13-26-12-16(4-7-20(26)24-19)23-21(29)15-2-5-18(6-3-15)31-22(30)25-10-8-17(28)9-11-25;1-4-5(2)6(3)7;1-4(2)5-3;3*1-2/h2-7,12-13,17,28H,8-11H2,1H3,(H,23,29);4H,1-3H3;4H,1-3H3;3*1-2H3/b;5-4+;;;;. The van der Waals surface area contributed by atoms with E-state index in [0.29, 0.717) is 60.4 Å². The third-order valence-electron chi connectivity index (χ3n) is 6.57. The highest BCUT2D eigenvalue weighted by atomic mass is 16.6. The zero-order valence-electron chi connectivity index (χ0n) is 31.9. The van der Waals surface area contributed by atoms with Gasteiger partial charge in [-0.15, -0.1) is 0 Å². The molecule has 3 heterocycles. The molecule has 1 saturated heterocycles. The number of hydrogen-bond acceptors (Lipinski definition) is 8. The quantitative estimate of drug-likeness (QED) is 0.195. The highest BCUT2D eigenvalue weighted by Gasteiger charge is 2.22. The number of methoxy groups -OCH3 is 1. The lowest BCUT2D eigenvalue weighted by atomic mass is 10.1. The number of fused-ring (bicyclic) bond motifs is 1. The molecule has 1 fully saturated rings. The molecule has 11 nitrogen and oxygen atoms in total. The smallest absolute Gasteiger partial charge is 0.410 e. The number of carbonyl (C=O) groups excluding carboxylic acids is 4. The second-order valence-corrected chi connectivity index (χ2v) is 10.2. The van der Waals surface area contributed by atoms with Crippen molar-refractivity contribution in [3.05, 3.63) is 71.7 Å². The van der Waals surface area contributed by atoms with Crippen LogP contribution in [-0.4, -0.2) is 75.4 Å². The van der Waals surface area contributed by atoms with Crippen LogP contribution in [0.1, 0.15) is 117 Å². The van der Waals surface area contributed by atoms with Gasteiger partial charge in [0, 0.05) is 45.1 Å². The lowest BCUT2D eigenvalue weighted by Crippen LogP contribution is -2.41. The fraction of sp³-hybridized carbons (Fsp3) is 0.500. The Hall–Kier alpha value is -4.35. The monoisotopic (exact) mass is 684 g/mol. The number of hydrogen-bond donors (Lipinski definition) is 2. The molecule has 274 valence electrons. The molecule has 0 atom stereocenters. The number of piperidine rings is 1. The number of rotatable bonds is 6. The Morgan fingerprint density at radius 1 is 0.898 bits per heavy atom. The van der Waals surface area contributed by atoms with Crippen LogP contribution in [0.5, 0.6) is 5.75 Å². The number of aliphatic hydroxyl groups excluding tert-OH is 1. The summed E-state index contributed by atoms with van der Waals surface area (Å²) in [5.41, 5.74) is 2.75. The summed E-state index contributed by atoms with van der Waals surface area (Å²) in [6.45, 7) is 23.6. The van der Waals surface area contributed by atoms with Gasteiger partial charge in [0.1, 0.15) is 17.1 Å². The van der Waals surface area contributed by atoms with E-state index in [1.54, 1.807) is 72.1 Å². The topological polar surface area (TPSA) is 140 Å². The van der Waals surface area contributed by atoms with Crippen LogP contribution in [0.2, 0.25) is 0 Å². The van der Waals surface area contributed by atoms with Crippen molar-refractivity contribution in [1.29, 1.82) is 0 Å². The minimum Gasteiger partial charge on any atom is -0.410 e. The van der Waals surface area contributed by atoms with E-state index in [2.05, 4.69) is 10.3 Å². The van der Waals surface area contributed by atoms with Crippen molar-refractivity contribution in [2.75, 3.05) is 25.5 Å². The zero-order valence-corrected chi connectivity index (χ0v) is 31.9. The molecule has 1 aromatic carbocycles. The predicted octanol–water partition coefficient (Wildman–Crippen LogP) is 8.41. The first-order valence-corrected chi connectivity index (χ1v) is 17.1. The SMILES string of the molecule is C/C=C(\C)C(C)=O.CC.CC.CC.CC(=O)c1cn2cc(NC(=O)c3ccc(OC(=O)N4CCC(O)CC4)cc3)ccc2n1.COC(C)C. The fourth-order valence-electron chi connectivity index (χ4n) is 3.53. The number of likely N-dealkylation sites (tertiary alicyclic amines) is 1. The molecule has 0 radical (unpaired) electrons. The number of amides is 2. The van der Waals surface area contributed by atoms with E-state index in [0.717, 1.165) is 5.57 Å². The molecule has 0 saturated carbocycles. The molecule has 1 aliphatic rings. The lowest BCUT2D eigenvalue weighted by molar-refractivity contribution is -0.113. The summed E-state index contributed by atoms with van der Waals surface area (Å²) in [7, 11) is 1.70. The van der Waals surface area contributed by atoms with E-state index < -0.39 is 6.09 Å². The van der Waals surface area contributed by atoms with Crippen LogP contribution in [-0.2, 0) is 9.53 Å². The highest BCUT2D eigenvalue weighted by molar-refractivity contribution is 6.04. The van der Waals surface area contributed by atoms with E-state index in [9.17, 15) is 24.3 Å². The van der Waals surface area contributed by atoms with Crippen LogP contribution in [0.4, 0.5) is 10.5 Å². The molecule has 0 spiro atoms. The summed E-state index contributed by atoms with van der Waals surface area (Å²) in [4.78, 5) is 52.3. The van der Waals surface area contributed by atoms with Gasteiger partial charge < -0.3 is 29.2 Å². The van der Waals surface area contributed by atoms with Gasteiger partial charge in [0.05, 0.1) is 17.9 Å². The first-order chi connectivity index (χ1) is 23.3. The van der Waals surface area contributed by atoms with Crippen molar-refractivity contribution < 1.29 is 33.8 Å². The third kappa shape index (κ3) is 18.1. The van der Waals surface area contributed by atoms with Crippen molar-refractivity contribution in [3.63, 3.8) is 0 Å². The second-order valence-electron chi connectivity index (χ2n) is 10.2. The normalized spacial score (nSPS) is 12.1. The molecule has 0 aliphatic carbocycles. The zero-order chi connectivity index (χ0) is 38.1. The van der Waals surface area contributed by atoms with Crippen LogP contribution < -0.4 is 10.1 Å². The summed E-state index contributed by atoms with van der Waals surface area (Å²) in [5, 5.41) is 12.3. The maximum Gasteiger partial charge on any atom is 0.415 e. The average Bonchev–Trinajstić information content (AvgIpc) is 3.56. The Labute approximate surface area is 293 Å². The van der Waals surface area contributed by atoms with Crippen LogP contribution >= 0.6 is 0 Å². The summed E-state index contributed by atoms with van der Waals surface area (Å²) in [5.74, 6) is 0.0360. The summed E-state index contributed by atoms with van der Waals surface area (Å²) < 4.78 is 11.8. The largest absolute Gasteiger partial charge is 0.415 e. The number of nitrogens with one attached hydrogen (secondary N) is 1. The number of ether oxygens (including phenoxy) is 2. The maximum atomic E-state index is 12.5. The van der Waals surface area contributed by atoms with Crippen molar-refractivity contribution in [3.8, 4) is 5.75 Å². The molecule has 4 rings (SSSR count). The van der Waals surface area contributed by atoms with Gasteiger partial charge in [0.25, 0.3) is 5.91 Å². The number of aromatic nitrogens is 2. The highest BCUT2D eigenvalue weighted by Crippen LogP contribution is 2.18. The first kappa shape index (κ1) is 46.8. The predicted molar refractivity (Wildman–Crippen MR) is 199 cm³/mol. The fourth-order valence-corrected chi connectivity index (χ4v) is 3.53. The lowest BCUT2D eigenvalue weighted by Gasteiger charge is -2.28. The Morgan fingerprint density at radius 3 is 1.86 bits per heavy atom. The molecule has 1 aliphatic heterocycles. The molecule has 49 heavy (non-hydrogen) atoms. The number of Topliss-reactive ketones (excluding diaryl/α,β-unsaturated/α-hetero) is 2. The van der Waals surface area contributed by atoms with Crippen LogP contribution in [0.3, 0.4) is 0 Å². The molecule has 2 aromatic heterocycles. The maximum absolute atomic E-state index is 12.5. The van der Waals surface area contributed by atoms with E-state index in [1.165, 1.54) is 6.92 Å². The van der Waals surface area contributed by atoms with Gasteiger partial charge in [0.2, 0.25) is 0 Å². The average molecular weight is 685 g/mol. The van der Waals surface area contributed by atoms with Crippen LogP contribution in [0.15, 0.2) is 60.4 Å². The molecule has 11 heteroatoms. The van der Waals surface area contributed by atoms with E-state index >= 15 is 0 Å². The minimum atomic E-state index is -0.470. The molecule has 3 aromatic rings. The molecular weight excluding hydrogens is 624 g/mol. The number of pyridine rings is 1. The van der Waals surface area contributed by atoms with Crippen molar-refractivity contribution in [2.45, 2.75) is 108 Å². The Bertz CT molecular complexity index is 1420. The van der Waals surface area contributed by atoms with Gasteiger partial charge >= 0.3 is 6.09 Å². The van der Waals surface area contributed by atoms with Gasteiger partial charge in [-0.2, -0.15) is 0 Å². The van der Waals surface area contributed by atoms with E-state index in [1.807, 2.05) is 75.3 Å². The summed E-state index contributed by atoms with van der Waals surface area (Å²) in [6.07, 6.45) is 5.72. The number of carbonyl (C=O) groups is 4. The number of benzene rings is 1. The molecule has 2 amide bonds. The molecule has 0 unspecified atom stereocenters. The molecule has 2 N–H and O–H groups in total. The van der Waals surface area contributed by atoms with Crippen LogP contribution in [0.25, 0.3) is 5.65 Å².